The van der Waals surface area contributed by atoms with Gasteiger partial charge in [-0.15, -0.1) is 11.3 Å². The first-order valence-electron chi connectivity index (χ1n) is 8.45. The van der Waals surface area contributed by atoms with Crippen molar-refractivity contribution in [3.05, 3.63) is 82.1 Å². The number of thiazole rings is 1. The maximum Gasteiger partial charge on any atom is 0.262 e. The number of halogens is 1. The average Bonchev–Trinajstić information content (AvgIpc) is 3.22. The van der Waals surface area contributed by atoms with Gasteiger partial charge < -0.3 is 5.32 Å². The van der Waals surface area contributed by atoms with E-state index in [0.717, 1.165) is 15.3 Å². The van der Waals surface area contributed by atoms with E-state index >= 15 is 0 Å². The summed E-state index contributed by atoms with van der Waals surface area (Å²) >= 11 is 1.28. The number of rotatable bonds is 5. The van der Waals surface area contributed by atoms with Gasteiger partial charge in [0.2, 0.25) is 5.91 Å². The molecule has 140 valence electrons. The Morgan fingerprint density at radius 2 is 1.68 bits per heavy atom. The lowest BCUT2D eigenvalue weighted by molar-refractivity contribution is -0.116. The van der Waals surface area contributed by atoms with Crippen LogP contribution in [0.3, 0.4) is 0 Å². The molecule has 28 heavy (non-hydrogen) atoms. The van der Waals surface area contributed by atoms with Gasteiger partial charge in [0.05, 0.1) is 11.1 Å². The predicted molar refractivity (Wildman–Crippen MR) is 102 cm³/mol. The number of carbonyl (C=O) groups is 3. The van der Waals surface area contributed by atoms with Crippen LogP contribution < -0.4 is 5.32 Å². The van der Waals surface area contributed by atoms with Crippen LogP contribution in [0.2, 0.25) is 0 Å². The third-order valence-corrected chi connectivity index (χ3v) is 5.18. The summed E-state index contributed by atoms with van der Waals surface area (Å²) in [7, 11) is 0. The summed E-state index contributed by atoms with van der Waals surface area (Å²) in [5.41, 5.74) is 1.53. The first-order valence-corrected chi connectivity index (χ1v) is 9.27. The predicted octanol–water partition coefficient (Wildman–Crippen LogP) is 3.11. The van der Waals surface area contributed by atoms with E-state index in [1.54, 1.807) is 42.6 Å². The minimum absolute atomic E-state index is 0.297. The zero-order valence-electron chi connectivity index (χ0n) is 14.5. The lowest BCUT2D eigenvalue weighted by atomic mass is 10.1. The van der Waals surface area contributed by atoms with E-state index in [9.17, 15) is 18.8 Å². The van der Waals surface area contributed by atoms with Crippen LogP contribution in [0.5, 0.6) is 0 Å². The zero-order valence-corrected chi connectivity index (χ0v) is 15.3. The Balaban J connectivity index is 1.38. The molecule has 0 unspecified atom stereocenters. The highest BCUT2D eigenvalue weighted by molar-refractivity contribution is 7.15. The van der Waals surface area contributed by atoms with Crippen molar-refractivity contribution in [2.24, 2.45) is 0 Å². The van der Waals surface area contributed by atoms with Crippen molar-refractivity contribution in [3.8, 4) is 0 Å². The highest BCUT2D eigenvalue weighted by atomic mass is 32.1. The number of hydrogen-bond acceptors (Lipinski definition) is 5. The number of fused-ring (bicyclic) bond motifs is 1. The number of nitrogens with zero attached hydrogens (tertiary/aromatic N) is 2. The summed E-state index contributed by atoms with van der Waals surface area (Å²) in [5.74, 6) is -1.76. The normalized spacial score (nSPS) is 13.0. The van der Waals surface area contributed by atoms with E-state index in [1.807, 2.05) is 0 Å². The van der Waals surface area contributed by atoms with Gasteiger partial charge in [0.15, 0.2) is 5.13 Å². The SMILES string of the molecule is O=C(CN1C(=O)c2ccccc2C1=O)Nc1ncc(Cc2ccc(F)cc2)s1. The highest BCUT2D eigenvalue weighted by Gasteiger charge is 2.36. The van der Waals surface area contributed by atoms with Gasteiger partial charge in [-0.05, 0) is 29.8 Å². The molecule has 1 N–H and O–H groups in total. The molecule has 0 atom stereocenters. The molecule has 0 bridgehead atoms. The second kappa shape index (κ2) is 7.32. The highest BCUT2D eigenvalue weighted by Crippen LogP contribution is 2.24. The van der Waals surface area contributed by atoms with Gasteiger partial charge in [0.25, 0.3) is 11.8 Å². The molecular formula is C20H14FN3O3S. The third kappa shape index (κ3) is 3.54. The minimum atomic E-state index is -0.503. The van der Waals surface area contributed by atoms with Gasteiger partial charge in [-0.25, -0.2) is 9.37 Å². The van der Waals surface area contributed by atoms with E-state index in [0.29, 0.717) is 22.7 Å². The molecule has 1 aliphatic rings. The molecule has 2 aromatic carbocycles. The third-order valence-electron chi connectivity index (χ3n) is 4.27. The Bertz CT molecular complexity index is 1040. The number of nitrogens with one attached hydrogen (secondary N) is 1. The van der Waals surface area contributed by atoms with Gasteiger partial charge in [-0.1, -0.05) is 24.3 Å². The molecule has 0 spiro atoms. The van der Waals surface area contributed by atoms with Gasteiger partial charge in [0, 0.05) is 17.5 Å². The van der Waals surface area contributed by atoms with Crippen LogP contribution in [0, 0.1) is 5.82 Å². The Kier molecular flexibility index (Phi) is 4.70. The van der Waals surface area contributed by atoms with Crippen molar-refractivity contribution in [1.29, 1.82) is 0 Å². The molecule has 3 aromatic rings. The van der Waals surface area contributed by atoms with E-state index in [4.69, 9.17) is 0 Å². The van der Waals surface area contributed by atoms with Crippen LogP contribution in [0.4, 0.5) is 9.52 Å². The fourth-order valence-corrected chi connectivity index (χ4v) is 3.80. The largest absolute Gasteiger partial charge is 0.300 e. The van der Waals surface area contributed by atoms with Crippen molar-refractivity contribution in [3.63, 3.8) is 0 Å². The first-order chi connectivity index (χ1) is 13.5. The number of amides is 3. The van der Waals surface area contributed by atoms with E-state index in [1.165, 1.54) is 23.5 Å². The lowest BCUT2D eigenvalue weighted by Crippen LogP contribution is -2.37. The Morgan fingerprint density at radius 1 is 1.04 bits per heavy atom. The van der Waals surface area contributed by atoms with Crippen molar-refractivity contribution in [2.75, 3.05) is 11.9 Å². The molecule has 2 heterocycles. The maximum atomic E-state index is 13.0. The lowest BCUT2D eigenvalue weighted by Gasteiger charge is -2.12. The standard InChI is InChI=1S/C20H14FN3O3S/c21-13-7-5-12(6-8-13)9-14-10-22-20(28-14)23-17(25)11-24-18(26)15-3-1-2-4-16(15)19(24)27/h1-8,10H,9,11H2,(H,22,23,25). The van der Waals surface area contributed by atoms with Gasteiger partial charge in [-0.3, -0.25) is 19.3 Å². The van der Waals surface area contributed by atoms with Gasteiger partial charge in [-0.2, -0.15) is 0 Å². The molecule has 0 saturated carbocycles. The average molecular weight is 395 g/mol. The number of benzene rings is 2. The van der Waals surface area contributed by atoms with Crippen LogP contribution in [-0.4, -0.2) is 34.2 Å². The minimum Gasteiger partial charge on any atom is -0.300 e. The van der Waals surface area contributed by atoms with Crippen LogP contribution in [0.15, 0.2) is 54.7 Å². The number of imide groups is 1. The second-order valence-electron chi connectivity index (χ2n) is 6.23. The second-order valence-corrected chi connectivity index (χ2v) is 7.34. The van der Waals surface area contributed by atoms with Crippen molar-refractivity contribution in [1.82, 2.24) is 9.88 Å². The molecule has 6 nitrogen and oxygen atoms in total. The smallest absolute Gasteiger partial charge is 0.262 e. The summed E-state index contributed by atoms with van der Waals surface area (Å²) in [6.07, 6.45) is 2.19. The van der Waals surface area contributed by atoms with E-state index in [-0.39, 0.29) is 12.4 Å². The summed E-state index contributed by atoms with van der Waals surface area (Å²) in [6, 6.07) is 12.6. The van der Waals surface area contributed by atoms with Crippen molar-refractivity contribution in [2.45, 2.75) is 6.42 Å². The molecular weight excluding hydrogens is 381 g/mol. The molecule has 1 aliphatic heterocycles. The number of carbonyl (C=O) groups excluding carboxylic acids is 3. The first kappa shape index (κ1) is 18.0. The monoisotopic (exact) mass is 395 g/mol. The zero-order chi connectivity index (χ0) is 19.7. The van der Waals surface area contributed by atoms with Crippen LogP contribution in [0.1, 0.15) is 31.2 Å². The number of aromatic nitrogens is 1. The van der Waals surface area contributed by atoms with Gasteiger partial charge in [0.1, 0.15) is 12.4 Å². The summed E-state index contributed by atoms with van der Waals surface area (Å²) in [4.78, 5) is 42.9. The van der Waals surface area contributed by atoms with Crippen molar-refractivity contribution >= 4 is 34.2 Å². The Hall–Kier alpha value is -3.39. The number of anilines is 1. The van der Waals surface area contributed by atoms with Crippen LogP contribution in [-0.2, 0) is 11.2 Å². The molecule has 1 aromatic heterocycles. The van der Waals surface area contributed by atoms with Crippen LogP contribution >= 0.6 is 11.3 Å². The quantitative estimate of drug-likeness (QED) is 0.674. The van der Waals surface area contributed by atoms with Crippen molar-refractivity contribution < 1.29 is 18.8 Å². The fraction of sp³-hybridized carbons (Fsp3) is 0.100. The molecule has 0 saturated heterocycles. The molecule has 3 amide bonds. The Morgan fingerprint density at radius 3 is 2.32 bits per heavy atom. The summed E-state index contributed by atoms with van der Waals surface area (Å²) in [5, 5.41) is 2.99. The van der Waals surface area contributed by atoms with E-state index in [2.05, 4.69) is 10.3 Å². The molecule has 8 heteroatoms. The van der Waals surface area contributed by atoms with E-state index < -0.39 is 17.7 Å². The maximum absolute atomic E-state index is 13.0. The fourth-order valence-electron chi connectivity index (χ4n) is 2.94. The molecule has 4 rings (SSSR count). The topological polar surface area (TPSA) is 79.4 Å². The summed E-state index contributed by atoms with van der Waals surface area (Å²) in [6.45, 7) is -0.376. The molecule has 0 fully saturated rings. The molecule has 0 radical (unpaired) electrons. The summed E-state index contributed by atoms with van der Waals surface area (Å²) < 4.78 is 13.0. The van der Waals surface area contributed by atoms with Gasteiger partial charge >= 0.3 is 0 Å². The van der Waals surface area contributed by atoms with Crippen LogP contribution in [0.25, 0.3) is 0 Å². The number of hydrogen-bond donors (Lipinski definition) is 1. The molecule has 0 aliphatic carbocycles. The Labute approximate surface area is 163 Å².